The van der Waals surface area contributed by atoms with Gasteiger partial charge in [-0.3, -0.25) is 4.79 Å². The average Bonchev–Trinajstić information content (AvgIpc) is 3.09. The number of aromatic nitrogens is 3. The van der Waals surface area contributed by atoms with Crippen molar-refractivity contribution in [3.8, 4) is 5.69 Å². The van der Waals surface area contributed by atoms with E-state index in [0.717, 1.165) is 17.0 Å². The number of carbonyl (C=O) groups excluding carboxylic acids is 1. The van der Waals surface area contributed by atoms with Crippen LogP contribution in [0, 0.1) is 20.8 Å². The van der Waals surface area contributed by atoms with Crippen molar-refractivity contribution in [2.45, 2.75) is 20.8 Å². The number of nitrogens with one attached hydrogen (secondary N) is 1. The summed E-state index contributed by atoms with van der Waals surface area (Å²) in [5.41, 5.74) is 3.06. The fourth-order valence-corrected chi connectivity index (χ4v) is 2.36. The summed E-state index contributed by atoms with van der Waals surface area (Å²) in [7, 11) is 0. The molecule has 112 valence electrons. The minimum atomic E-state index is -0.166. The number of anilines is 1. The summed E-state index contributed by atoms with van der Waals surface area (Å²) in [6.45, 7) is 5.53. The predicted octanol–water partition coefficient (Wildman–Crippen LogP) is 3.04. The van der Waals surface area contributed by atoms with Gasteiger partial charge in [-0.15, -0.1) is 0 Å². The van der Waals surface area contributed by atoms with Crippen molar-refractivity contribution in [1.82, 2.24) is 14.8 Å². The van der Waals surface area contributed by atoms with Crippen molar-refractivity contribution >= 4 is 11.6 Å². The first-order valence-electron chi connectivity index (χ1n) is 6.89. The molecule has 0 aliphatic heterocycles. The van der Waals surface area contributed by atoms with Crippen molar-refractivity contribution in [3.63, 3.8) is 0 Å². The van der Waals surface area contributed by atoms with Crippen LogP contribution < -0.4 is 5.32 Å². The quantitative estimate of drug-likeness (QED) is 0.806. The highest BCUT2D eigenvalue weighted by Gasteiger charge is 2.18. The predicted molar refractivity (Wildman–Crippen MR) is 82.2 cm³/mol. The first-order chi connectivity index (χ1) is 10.6. The van der Waals surface area contributed by atoms with E-state index in [1.54, 1.807) is 17.9 Å². The maximum atomic E-state index is 12.4. The molecule has 0 bridgehead atoms. The number of carbonyl (C=O) groups is 1. The highest BCUT2D eigenvalue weighted by molar-refractivity contribution is 6.06. The van der Waals surface area contributed by atoms with Gasteiger partial charge in [0.15, 0.2) is 0 Å². The lowest BCUT2D eigenvalue weighted by molar-refractivity contribution is 0.102. The molecule has 22 heavy (non-hydrogen) atoms. The van der Waals surface area contributed by atoms with Crippen LogP contribution in [0.4, 0.5) is 5.69 Å². The summed E-state index contributed by atoms with van der Waals surface area (Å²) in [6.07, 6.45) is 3.09. The van der Waals surface area contributed by atoms with E-state index < -0.39 is 0 Å². The van der Waals surface area contributed by atoms with E-state index in [9.17, 15) is 4.79 Å². The maximum Gasteiger partial charge on any atom is 0.259 e. The van der Waals surface area contributed by atoms with Gasteiger partial charge < -0.3 is 9.73 Å². The highest BCUT2D eigenvalue weighted by Crippen LogP contribution is 2.22. The Hall–Kier alpha value is -2.89. The van der Waals surface area contributed by atoms with Gasteiger partial charge in [-0.1, -0.05) is 0 Å². The van der Waals surface area contributed by atoms with Gasteiger partial charge in [0, 0.05) is 11.3 Å². The summed E-state index contributed by atoms with van der Waals surface area (Å²) in [6, 6.07) is 7.38. The molecule has 0 atom stereocenters. The maximum absolute atomic E-state index is 12.4. The molecule has 6 nitrogen and oxygen atoms in total. The number of benzene rings is 1. The lowest BCUT2D eigenvalue weighted by atomic mass is 10.1. The smallest absolute Gasteiger partial charge is 0.259 e. The van der Waals surface area contributed by atoms with Crippen LogP contribution in [0.3, 0.4) is 0 Å². The monoisotopic (exact) mass is 296 g/mol. The zero-order chi connectivity index (χ0) is 15.7. The molecule has 3 rings (SSSR count). The van der Waals surface area contributed by atoms with Crippen molar-refractivity contribution < 1.29 is 9.21 Å². The molecule has 0 aliphatic carbocycles. The Bertz CT molecular complexity index is 802. The molecule has 6 heteroatoms. The van der Waals surface area contributed by atoms with Gasteiger partial charge >= 0.3 is 0 Å². The second-order valence-electron chi connectivity index (χ2n) is 5.06. The number of amides is 1. The molecule has 1 amide bonds. The van der Waals surface area contributed by atoms with Crippen LogP contribution in [0.2, 0.25) is 0 Å². The fourth-order valence-electron chi connectivity index (χ4n) is 2.36. The molecule has 0 unspecified atom stereocenters. The normalized spacial score (nSPS) is 10.7. The number of furan rings is 1. The third kappa shape index (κ3) is 2.50. The fraction of sp³-hybridized carbons (Fsp3) is 0.188. The molecular formula is C16H16N4O2. The Morgan fingerprint density at radius 3 is 2.41 bits per heavy atom. The number of nitrogens with zero attached hydrogens (tertiary/aromatic N) is 3. The Balaban J connectivity index is 1.80. The molecule has 1 N–H and O–H groups in total. The van der Waals surface area contributed by atoms with Crippen LogP contribution in [-0.4, -0.2) is 20.7 Å². The lowest BCUT2D eigenvalue weighted by Gasteiger charge is -2.07. The van der Waals surface area contributed by atoms with Gasteiger partial charge in [-0.05, 0) is 45.0 Å². The van der Waals surface area contributed by atoms with E-state index in [-0.39, 0.29) is 5.91 Å². The molecule has 2 aromatic heterocycles. The lowest BCUT2D eigenvalue weighted by Crippen LogP contribution is -2.13. The van der Waals surface area contributed by atoms with E-state index in [1.807, 2.05) is 38.1 Å². The van der Waals surface area contributed by atoms with E-state index in [2.05, 4.69) is 15.4 Å². The SMILES string of the molecule is Cc1oc(C)c(C(=O)Nc2ccc(-n3cncn3)cc2)c1C. The van der Waals surface area contributed by atoms with Gasteiger partial charge in [-0.2, -0.15) is 5.10 Å². The van der Waals surface area contributed by atoms with E-state index in [0.29, 0.717) is 17.0 Å². The zero-order valence-corrected chi connectivity index (χ0v) is 12.6. The molecule has 0 fully saturated rings. The van der Waals surface area contributed by atoms with E-state index >= 15 is 0 Å². The van der Waals surface area contributed by atoms with Gasteiger partial charge in [0.1, 0.15) is 24.2 Å². The van der Waals surface area contributed by atoms with Crippen molar-refractivity contribution in [3.05, 3.63) is 59.6 Å². The topological polar surface area (TPSA) is 73.0 Å². The van der Waals surface area contributed by atoms with Crippen molar-refractivity contribution in [2.75, 3.05) is 5.32 Å². The molecule has 0 spiro atoms. The summed E-state index contributed by atoms with van der Waals surface area (Å²) >= 11 is 0. The Labute approximate surface area is 127 Å². The standard InChI is InChI=1S/C16H16N4O2/c1-10-11(2)22-12(3)15(10)16(21)19-13-4-6-14(7-5-13)20-9-17-8-18-20/h4-9H,1-3H3,(H,19,21). The molecule has 0 saturated heterocycles. The molecule has 0 radical (unpaired) electrons. The van der Waals surface area contributed by atoms with Crippen LogP contribution in [0.5, 0.6) is 0 Å². The molecule has 0 aliphatic rings. The average molecular weight is 296 g/mol. The summed E-state index contributed by atoms with van der Waals surface area (Å²) in [4.78, 5) is 16.3. The van der Waals surface area contributed by atoms with Gasteiger partial charge in [0.2, 0.25) is 0 Å². The number of rotatable bonds is 3. The minimum Gasteiger partial charge on any atom is -0.466 e. The third-order valence-electron chi connectivity index (χ3n) is 3.60. The van der Waals surface area contributed by atoms with E-state index in [4.69, 9.17) is 4.42 Å². The number of hydrogen-bond acceptors (Lipinski definition) is 4. The molecule has 1 aromatic carbocycles. The highest BCUT2D eigenvalue weighted by atomic mass is 16.3. The number of hydrogen-bond donors (Lipinski definition) is 1. The largest absolute Gasteiger partial charge is 0.466 e. The first-order valence-corrected chi connectivity index (χ1v) is 6.89. The Morgan fingerprint density at radius 1 is 1.14 bits per heavy atom. The molecular weight excluding hydrogens is 280 g/mol. The minimum absolute atomic E-state index is 0.166. The Morgan fingerprint density at radius 2 is 1.86 bits per heavy atom. The molecule has 0 saturated carbocycles. The van der Waals surface area contributed by atoms with Crippen molar-refractivity contribution in [2.24, 2.45) is 0 Å². The van der Waals surface area contributed by atoms with Crippen LogP contribution >= 0.6 is 0 Å². The van der Waals surface area contributed by atoms with Crippen LogP contribution in [-0.2, 0) is 0 Å². The molecule has 2 heterocycles. The Kier molecular flexibility index (Phi) is 3.50. The van der Waals surface area contributed by atoms with Crippen molar-refractivity contribution in [1.29, 1.82) is 0 Å². The van der Waals surface area contributed by atoms with Gasteiger partial charge in [0.25, 0.3) is 5.91 Å². The van der Waals surface area contributed by atoms with Crippen LogP contribution in [0.25, 0.3) is 5.69 Å². The summed E-state index contributed by atoms with van der Waals surface area (Å²) in [5, 5.41) is 6.94. The number of aryl methyl sites for hydroxylation is 2. The second-order valence-corrected chi connectivity index (χ2v) is 5.06. The van der Waals surface area contributed by atoms with Gasteiger partial charge in [0.05, 0.1) is 11.3 Å². The molecule has 3 aromatic rings. The zero-order valence-electron chi connectivity index (χ0n) is 12.6. The summed E-state index contributed by atoms with van der Waals surface area (Å²) in [5.74, 6) is 1.23. The third-order valence-corrected chi connectivity index (χ3v) is 3.60. The van der Waals surface area contributed by atoms with Crippen LogP contribution in [0.15, 0.2) is 41.3 Å². The second kappa shape index (κ2) is 5.48. The van der Waals surface area contributed by atoms with Crippen LogP contribution in [0.1, 0.15) is 27.4 Å². The summed E-state index contributed by atoms with van der Waals surface area (Å²) < 4.78 is 7.14. The first kappa shape index (κ1) is 14.1. The van der Waals surface area contributed by atoms with E-state index in [1.165, 1.54) is 6.33 Å². The van der Waals surface area contributed by atoms with Gasteiger partial charge in [-0.25, -0.2) is 9.67 Å².